The van der Waals surface area contributed by atoms with E-state index in [0.717, 1.165) is 62.9 Å². The third-order valence-corrected chi connectivity index (χ3v) is 13.5. The Morgan fingerprint density at radius 1 is 0.919 bits per heavy atom. The van der Waals surface area contributed by atoms with Crippen LogP contribution in [0.2, 0.25) is 0 Å². The maximum atomic E-state index is 13.6. The van der Waals surface area contributed by atoms with Crippen LogP contribution in [0.1, 0.15) is 83.8 Å². The number of methoxy groups -OCH3 is 1. The minimum atomic E-state index is -3.91. The first-order chi connectivity index (χ1) is 29.7. The summed E-state index contributed by atoms with van der Waals surface area (Å²) in [6.45, 7) is 11.0. The number of rotatable bonds is 26. The third kappa shape index (κ3) is 12.1. The van der Waals surface area contributed by atoms with Gasteiger partial charge in [-0.3, -0.25) is 9.59 Å². The number of ether oxygens (including phenoxy) is 2. The Morgan fingerprint density at radius 2 is 1.68 bits per heavy atom. The van der Waals surface area contributed by atoms with Gasteiger partial charge in [0.25, 0.3) is 11.8 Å². The zero-order valence-electron chi connectivity index (χ0n) is 35.5. The van der Waals surface area contributed by atoms with Crippen LogP contribution < -0.4 is 9.62 Å². The number of nitrogens with one attached hydrogen (secondary N) is 1. The fraction of sp³-hybridized carbons (Fsp3) is 0.512. The van der Waals surface area contributed by atoms with Gasteiger partial charge in [-0.2, -0.15) is 4.58 Å². The van der Waals surface area contributed by atoms with Crippen LogP contribution in [-0.2, 0) is 68.3 Å². The van der Waals surface area contributed by atoms with E-state index < -0.39 is 38.6 Å². The summed E-state index contributed by atoms with van der Waals surface area (Å²) >= 11 is 1.86. The number of hydrogen-bond donors (Lipinski definition) is 3. The highest BCUT2D eigenvalue weighted by atomic mass is 32.2. The number of benzene rings is 2. The molecule has 0 bridgehead atoms. The first kappa shape index (κ1) is 49.3. The molecule has 0 atom stereocenters. The van der Waals surface area contributed by atoms with Crippen LogP contribution in [0.25, 0.3) is 0 Å². The van der Waals surface area contributed by atoms with E-state index in [-0.39, 0.29) is 30.7 Å². The number of carbonyl (C=O) groups is 3. The Balaban J connectivity index is 1.33. The van der Waals surface area contributed by atoms with Gasteiger partial charge in [-0.05, 0) is 68.7 Å². The van der Waals surface area contributed by atoms with Gasteiger partial charge < -0.3 is 19.2 Å². The smallest absolute Gasteiger partial charge is 0.333 e. The second kappa shape index (κ2) is 22.8. The SMILES string of the molecule is COCCOCCN1C(=CC=CC2=[N+](CCCSOOO)c3ccc(S(=O)(=O)NCCCCCC(=O)ON4C(=O)CCC4=O)cc3C2(C)C)C(C)(C)c2cc(SOOO)ccc21. The molecule has 2 aromatic carbocycles. The van der Waals surface area contributed by atoms with Crippen molar-refractivity contribution in [2.24, 2.45) is 0 Å². The van der Waals surface area contributed by atoms with E-state index in [9.17, 15) is 22.8 Å². The van der Waals surface area contributed by atoms with Gasteiger partial charge >= 0.3 is 5.97 Å². The van der Waals surface area contributed by atoms with E-state index in [1.54, 1.807) is 19.2 Å². The number of hydrogen-bond acceptors (Lipinski definition) is 17. The monoisotopic (exact) mass is 923 g/mol. The summed E-state index contributed by atoms with van der Waals surface area (Å²) in [4.78, 5) is 43.5. The number of sulfonamides is 1. The number of nitrogens with zero attached hydrogens (tertiary/aromatic N) is 3. The van der Waals surface area contributed by atoms with Gasteiger partial charge in [0.05, 0.1) is 42.2 Å². The number of carbonyl (C=O) groups excluding carboxylic acids is 3. The average Bonchev–Trinajstić information content (AvgIpc) is 3.75. The maximum Gasteiger partial charge on any atom is 0.333 e. The molecular formula is C41H55N4O14S3+. The lowest BCUT2D eigenvalue weighted by Gasteiger charge is -2.27. The molecular weight excluding hydrogens is 869 g/mol. The minimum Gasteiger partial charge on any atom is -0.382 e. The van der Waals surface area contributed by atoms with E-state index in [4.69, 9.17) is 29.2 Å². The number of anilines is 1. The highest BCUT2D eigenvalue weighted by Crippen LogP contribution is 2.49. The van der Waals surface area contributed by atoms with Crippen LogP contribution in [0.4, 0.5) is 11.4 Å². The lowest BCUT2D eigenvalue weighted by atomic mass is 9.81. The molecule has 0 saturated carbocycles. The summed E-state index contributed by atoms with van der Waals surface area (Å²) in [5.74, 6) is -1.27. The van der Waals surface area contributed by atoms with Gasteiger partial charge in [0.15, 0.2) is 5.71 Å². The Bertz CT molecular complexity index is 2110. The fourth-order valence-corrected chi connectivity index (χ4v) is 9.55. The molecule has 2 amide bonds. The third-order valence-electron chi connectivity index (χ3n) is 10.8. The zero-order valence-corrected chi connectivity index (χ0v) is 37.9. The van der Waals surface area contributed by atoms with Crippen LogP contribution in [0.3, 0.4) is 0 Å². The Kier molecular flexibility index (Phi) is 18.1. The van der Waals surface area contributed by atoms with Crippen molar-refractivity contribution in [1.29, 1.82) is 0 Å². The van der Waals surface area contributed by atoms with Crippen molar-refractivity contribution in [1.82, 2.24) is 9.79 Å². The summed E-state index contributed by atoms with van der Waals surface area (Å²) in [5.41, 5.74) is 4.62. The normalized spacial score (nSPS) is 17.6. The van der Waals surface area contributed by atoms with Crippen LogP contribution in [-0.4, -0.2) is 104 Å². The Labute approximate surface area is 370 Å². The molecule has 21 heteroatoms. The number of amides is 2. The molecule has 0 unspecified atom stereocenters. The van der Waals surface area contributed by atoms with E-state index in [1.165, 1.54) is 0 Å². The second-order valence-electron chi connectivity index (χ2n) is 15.6. The van der Waals surface area contributed by atoms with Gasteiger partial charge in [-0.25, -0.2) is 28.4 Å². The van der Waals surface area contributed by atoms with E-state index in [2.05, 4.69) is 68.5 Å². The van der Waals surface area contributed by atoms with Gasteiger partial charge in [0.1, 0.15) is 6.54 Å². The molecule has 2 aromatic rings. The van der Waals surface area contributed by atoms with Crippen molar-refractivity contribution in [3.05, 3.63) is 71.5 Å². The Morgan fingerprint density at radius 3 is 2.40 bits per heavy atom. The van der Waals surface area contributed by atoms with Gasteiger partial charge in [0.2, 0.25) is 15.7 Å². The zero-order chi connectivity index (χ0) is 44.9. The number of imide groups is 1. The molecule has 3 heterocycles. The molecule has 3 aliphatic heterocycles. The van der Waals surface area contributed by atoms with Crippen molar-refractivity contribution in [3.8, 4) is 0 Å². The van der Waals surface area contributed by atoms with Gasteiger partial charge in [-0.15, -0.1) is 13.7 Å². The molecule has 0 aromatic heterocycles. The summed E-state index contributed by atoms with van der Waals surface area (Å²) in [5, 5.41) is 25.4. The van der Waals surface area contributed by atoms with Crippen molar-refractivity contribution in [3.63, 3.8) is 0 Å². The van der Waals surface area contributed by atoms with E-state index >= 15 is 0 Å². The lowest BCUT2D eigenvalue weighted by molar-refractivity contribution is -0.438. The van der Waals surface area contributed by atoms with Crippen molar-refractivity contribution in [2.75, 3.05) is 57.2 Å². The molecule has 62 heavy (non-hydrogen) atoms. The number of unbranched alkanes of at least 4 members (excludes halogenated alkanes) is 2. The molecule has 0 spiro atoms. The molecule has 0 aliphatic carbocycles. The van der Waals surface area contributed by atoms with Crippen molar-refractivity contribution in [2.45, 2.75) is 93.3 Å². The van der Waals surface area contributed by atoms with Gasteiger partial charge in [0, 0.05) is 103 Å². The summed E-state index contributed by atoms with van der Waals surface area (Å²) < 4.78 is 52.3. The summed E-state index contributed by atoms with van der Waals surface area (Å²) in [7, 11) is -2.28. The predicted octanol–water partition coefficient (Wildman–Crippen LogP) is 6.30. The first-order valence-electron chi connectivity index (χ1n) is 20.1. The number of fused-ring (bicyclic) bond motifs is 2. The van der Waals surface area contributed by atoms with Crippen LogP contribution in [0.15, 0.2) is 70.1 Å². The quantitative estimate of drug-likeness (QED) is 0.0236. The molecule has 3 aliphatic rings. The Hall–Kier alpha value is -3.71. The number of hydroxylamine groups is 2. The van der Waals surface area contributed by atoms with Crippen LogP contribution in [0.5, 0.6) is 0 Å². The lowest BCUT2D eigenvalue weighted by Crippen LogP contribution is -2.32. The molecule has 0 radical (unpaired) electrons. The second-order valence-corrected chi connectivity index (χ2v) is 18.9. The molecule has 1 saturated heterocycles. The topological polar surface area (TPSA) is 212 Å². The molecule has 1 fully saturated rings. The summed E-state index contributed by atoms with van der Waals surface area (Å²) in [6.07, 6.45) is 8.16. The number of allylic oxidation sites excluding steroid dienone is 4. The average molecular weight is 924 g/mol. The summed E-state index contributed by atoms with van der Waals surface area (Å²) in [6, 6.07) is 11.0. The highest BCUT2D eigenvalue weighted by molar-refractivity contribution is 7.94. The van der Waals surface area contributed by atoms with Crippen LogP contribution >= 0.6 is 24.1 Å². The maximum absolute atomic E-state index is 13.6. The van der Waals surface area contributed by atoms with Crippen LogP contribution in [0, 0.1) is 0 Å². The van der Waals surface area contributed by atoms with Crippen molar-refractivity contribution >= 4 is 69.0 Å². The fourth-order valence-electron chi connectivity index (χ4n) is 7.70. The minimum absolute atomic E-state index is 0.0162. The molecule has 340 valence electrons. The first-order valence-corrected chi connectivity index (χ1v) is 23.3. The molecule has 3 N–H and O–H groups in total. The van der Waals surface area contributed by atoms with E-state index in [1.807, 2.05) is 30.3 Å². The van der Waals surface area contributed by atoms with Gasteiger partial charge in [-0.1, -0.05) is 36.4 Å². The highest BCUT2D eigenvalue weighted by Gasteiger charge is 2.45. The molecule has 18 nitrogen and oxygen atoms in total. The van der Waals surface area contributed by atoms with E-state index in [0.29, 0.717) is 69.4 Å². The molecule has 5 rings (SSSR count). The standard InChI is InChI=1S/C41H54N4O14S3/c1-40(2)31-27-29(61-59-57-50)14-16-33(31)44(22-23-54-25-24-53-5)36(40)12-9-11-35-41(3,4)32-28-30(15-17-34(32)43(35)21-10-26-60-58-56-49)62(51,52)42-20-8-6-7-13-39(48)55-45-37(46)18-19-38(45)47/h9,11-12,14-17,27-28,42H,6-8,10,13,18-26H2,1-5H3,(H-,49,50)/p+1. The largest absolute Gasteiger partial charge is 0.382 e. The van der Waals surface area contributed by atoms with Crippen molar-refractivity contribution < 1.29 is 70.9 Å². The predicted molar refractivity (Wildman–Crippen MR) is 229 cm³/mol.